The van der Waals surface area contributed by atoms with Crippen LogP contribution in [0.5, 0.6) is 0 Å². The number of thioether (sulfide) groups is 1. The van der Waals surface area contributed by atoms with Crippen LogP contribution in [0.2, 0.25) is 0 Å². The minimum atomic E-state index is 0.488. The van der Waals surface area contributed by atoms with Crippen molar-refractivity contribution in [3.8, 4) is 6.07 Å². The van der Waals surface area contributed by atoms with Crippen molar-refractivity contribution in [2.24, 2.45) is 0 Å². The molecule has 0 amide bonds. The summed E-state index contributed by atoms with van der Waals surface area (Å²) in [6.07, 6.45) is 2.09. The molecular weight excluding hydrogens is 156 g/mol. The summed E-state index contributed by atoms with van der Waals surface area (Å²) in [5.41, 5.74) is 0. The Hall–Kier alpha value is -0.200. The Morgan fingerprint density at radius 3 is 2.55 bits per heavy atom. The minimum Gasteiger partial charge on any atom is -0.287 e. The molecule has 0 aromatic carbocycles. The van der Waals surface area contributed by atoms with Gasteiger partial charge in [0.15, 0.2) is 0 Å². The first-order valence-corrected chi connectivity index (χ1v) is 5.21. The summed E-state index contributed by atoms with van der Waals surface area (Å²) in [6, 6.07) is 2.66. The van der Waals surface area contributed by atoms with Crippen LogP contribution in [0, 0.1) is 11.3 Å². The Morgan fingerprint density at radius 2 is 2.18 bits per heavy atom. The highest BCUT2D eigenvalue weighted by molar-refractivity contribution is 7.98. The molecule has 0 bridgehead atoms. The molecule has 0 spiro atoms. The first kappa shape index (κ1) is 10.8. The van der Waals surface area contributed by atoms with E-state index in [9.17, 15) is 0 Å². The van der Waals surface area contributed by atoms with Gasteiger partial charge in [-0.15, -0.1) is 0 Å². The van der Waals surface area contributed by atoms with E-state index in [1.807, 2.05) is 11.8 Å². The van der Waals surface area contributed by atoms with Gasteiger partial charge in [-0.2, -0.15) is 17.0 Å². The summed E-state index contributed by atoms with van der Waals surface area (Å²) >= 11 is 1.82. The molecule has 0 aliphatic heterocycles. The van der Waals surface area contributed by atoms with Crippen molar-refractivity contribution in [1.82, 2.24) is 4.90 Å². The van der Waals surface area contributed by atoms with E-state index in [4.69, 9.17) is 5.26 Å². The minimum absolute atomic E-state index is 0.488. The normalized spacial score (nSPS) is 10.5. The van der Waals surface area contributed by atoms with Gasteiger partial charge in [0.25, 0.3) is 0 Å². The number of nitriles is 1. The number of nitrogens with zero attached hydrogens (tertiary/aromatic N) is 2. The van der Waals surface area contributed by atoms with E-state index in [0.717, 1.165) is 12.3 Å². The largest absolute Gasteiger partial charge is 0.287 e. The van der Waals surface area contributed by atoms with E-state index < -0.39 is 0 Å². The smallest absolute Gasteiger partial charge is 0.0868 e. The summed E-state index contributed by atoms with van der Waals surface area (Å²) in [6.45, 7) is 5.82. The molecular formula is C8H16N2S. The second kappa shape index (κ2) is 6.51. The van der Waals surface area contributed by atoms with Crippen molar-refractivity contribution >= 4 is 11.8 Å². The van der Waals surface area contributed by atoms with Gasteiger partial charge in [-0.3, -0.25) is 4.90 Å². The zero-order chi connectivity index (χ0) is 8.69. The summed E-state index contributed by atoms with van der Waals surface area (Å²) in [4.78, 5) is 2.18. The SMILES string of the molecule is CSCCN(CC#N)C(C)C. The third-order valence-corrected chi connectivity index (χ3v) is 2.18. The Morgan fingerprint density at radius 1 is 1.55 bits per heavy atom. The quantitative estimate of drug-likeness (QED) is 0.589. The van der Waals surface area contributed by atoms with Crippen LogP contribution in [0.4, 0.5) is 0 Å². The highest BCUT2D eigenvalue weighted by atomic mass is 32.2. The first-order chi connectivity index (χ1) is 5.22. The van der Waals surface area contributed by atoms with E-state index in [0.29, 0.717) is 12.6 Å². The average molecular weight is 172 g/mol. The third-order valence-electron chi connectivity index (χ3n) is 1.59. The van der Waals surface area contributed by atoms with Crippen LogP contribution in [-0.2, 0) is 0 Å². The van der Waals surface area contributed by atoms with E-state index in [1.54, 1.807) is 0 Å². The van der Waals surface area contributed by atoms with E-state index >= 15 is 0 Å². The van der Waals surface area contributed by atoms with Gasteiger partial charge in [-0.05, 0) is 20.1 Å². The molecule has 0 atom stereocenters. The van der Waals surface area contributed by atoms with Crippen LogP contribution < -0.4 is 0 Å². The molecule has 3 heteroatoms. The standard InChI is InChI=1S/C8H16N2S/c1-8(2)10(5-4-9)6-7-11-3/h8H,5-7H2,1-3H3. The van der Waals surface area contributed by atoms with Crippen molar-refractivity contribution in [1.29, 1.82) is 5.26 Å². The molecule has 2 nitrogen and oxygen atoms in total. The van der Waals surface area contributed by atoms with Gasteiger partial charge in [0.1, 0.15) is 0 Å². The summed E-state index contributed by atoms with van der Waals surface area (Å²) in [5.74, 6) is 1.11. The lowest BCUT2D eigenvalue weighted by Crippen LogP contribution is -2.33. The molecule has 0 saturated heterocycles. The number of rotatable bonds is 5. The highest BCUT2D eigenvalue weighted by Gasteiger charge is 2.06. The van der Waals surface area contributed by atoms with Gasteiger partial charge in [0.2, 0.25) is 0 Å². The van der Waals surface area contributed by atoms with Gasteiger partial charge in [0, 0.05) is 18.3 Å². The second-order valence-corrected chi connectivity index (χ2v) is 3.70. The molecule has 0 saturated carbocycles. The number of hydrogen-bond acceptors (Lipinski definition) is 3. The fourth-order valence-electron chi connectivity index (χ4n) is 0.819. The van der Waals surface area contributed by atoms with Gasteiger partial charge in [0.05, 0.1) is 12.6 Å². The van der Waals surface area contributed by atoms with E-state index in [1.165, 1.54) is 0 Å². The molecule has 11 heavy (non-hydrogen) atoms. The van der Waals surface area contributed by atoms with Crippen LogP contribution >= 0.6 is 11.8 Å². The maximum absolute atomic E-state index is 8.49. The van der Waals surface area contributed by atoms with Gasteiger partial charge < -0.3 is 0 Å². The summed E-state index contributed by atoms with van der Waals surface area (Å²) < 4.78 is 0. The maximum atomic E-state index is 8.49. The molecule has 0 N–H and O–H groups in total. The Labute approximate surface area is 73.6 Å². The molecule has 0 fully saturated rings. The predicted molar refractivity (Wildman–Crippen MR) is 50.7 cm³/mol. The van der Waals surface area contributed by atoms with Gasteiger partial charge in [-0.1, -0.05) is 0 Å². The molecule has 0 unspecified atom stereocenters. The summed E-state index contributed by atoms with van der Waals surface area (Å²) in [7, 11) is 0. The second-order valence-electron chi connectivity index (χ2n) is 2.72. The molecule has 0 heterocycles. The lowest BCUT2D eigenvalue weighted by Gasteiger charge is -2.22. The fraction of sp³-hybridized carbons (Fsp3) is 0.875. The first-order valence-electron chi connectivity index (χ1n) is 3.82. The van der Waals surface area contributed by atoms with Crippen LogP contribution in [-0.4, -0.2) is 36.0 Å². The van der Waals surface area contributed by atoms with Gasteiger partial charge >= 0.3 is 0 Å². The molecule has 0 radical (unpaired) electrons. The van der Waals surface area contributed by atoms with Crippen LogP contribution in [0.3, 0.4) is 0 Å². The fourth-order valence-corrected chi connectivity index (χ4v) is 1.24. The maximum Gasteiger partial charge on any atom is 0.0868 e. The van der Waals surface area contributed by atoms with E-state index in [-0.39, 0.29) is 0 Å². The van der Waals surface area contributed by atoms with Crippen molar-refractivity contribution in [2.45, 2.75) is 19.9 Å². The molecule has 0 aromatic heterocycles. The molecule has 0 aliphatic carbocycles. The Kier molecular flexibility index (Phi) is 6.39. The van der Waals surface area contributed by atoms with Crippen LogP contribution in [0.15, 0.2) is 0 Å². The zero-order valence-corrected chi connectivity index (χ0v) is 8.32. The molecule has 0 aliphatic rings. The van der Waals surface area contributed by atoms with Gasteiger partial charge in [-0.25, -0.2) is 0 Å². The average Bonchev–Trinajstić information content (AvgIpc) is 1.97. The highest BCUT2D eigenvalue weighted by Crippen LogP contribution is 2.00. The zero-order valence-electron chi connectivity index (χ0n) is 7.50. The molecule has 0 aromatic rings. The lowest BCUT2D eigenvalue weighted by atomic mass is 10.3. The lowest BCUT2D eigenvalue weighted by molar-refractivity contribution is 0.265. The molecule has 64 valence electrons. The van der Waals surface area contributed by atoms with Crippen molar-refractivity contribution < 1.29 is 0 Å². The van der Waals surface area contributed by atoms with E-state index in [2.05, 4.69) is 31.1 Å². The predicted octanol–water partition coefficient (Wildman–Crippen LogP) is 1.58. The topological polar surface area (TPSA) is 27.0 Å². The third kappa shape index (κ3) is 5.11. The molecule has 0 rings (SSSR count). The summed E-state index contributed by atoms with van der Waals surface area (Å²) in [5, 5.41) is 8.49. The number of hydrogen-bond donors (Lipinski definition) is 0. The van der Waals surface area contributed by atoms with Crippen molar-refractivity contribution in [3.05, 3.63) is 0 Å². The Bertz CT molecular complexity index is 129. The monoisotopic (exact) mass is 172 g/mol. The van der Waals surface area contributed by atoms with Crippen molar-refractivity contribution in [2.75, 3.05) is 25.1 Å². The van der Waals surface area contributed by atoms with Crippen LogP contribution in [0.25, 0.3) is 0 Å². The van der Waals surface area contributed by atoms with Crippen LogP contribution in [0.1, 0.15) is 13.8 Å². The Balaban J connectivity index is 3.62. The van der Waals surface area contributed by atoms with Crippen molar-refractivity contribution in [3.63, 3.8) is 0 Å².